The summed E-state index contributed by atoms with van der Waals surface area (Å²) in [6.45, 7) is 2.59. The van der Waals surface area contributed by atoms with Gasteiger partial charge in [-0.2, -0.15) is 0 Å². The molecule has 1 atom stereocenters. The van der Waals surface area contributed by atoms with E-state index in [0.717, 1.165) is 55.8 Å². The summed E-state index contributed by atoms with van der Waals surface area (Å²) in [6, 6.07) is 16.3. The quantitative estimate of drug-likeness (QED) is 0.653. The van der Waals surface area contributed by atoms with Crippen molar-refractivity contribution in [1.82, 2.24) is 5.32 Å². The number of hydrogen-bond donors (Lipinski definition) is 2. The van der Waals surface area contributed by atoms with Crippen molar-refractivity contribution in [2.24, 2.45) is 0 Å². The maximum Gasteiger partial charge on any atom is 0.126 e. The molecule has 0 radical (unpaired) electrons. The van der Waals surface area contributed by atoms with Crippen molar-refractivity contribution in [3.8, 4) is 11.5 Å². The molecule has 1 unspecified atom stereocenters. The minimum absolute atomic E-state index is 0. The minimum atomic E-state index is 0. The number of fused-ring (bicyclic) bond motifs is 1. The second-order valence-electron chi connectivity index (χ2n) is 6.44. The number of aliphatic hydroxyl groups excluding tert-OH is 1. The number of hydrogen-bond acceptors (Lipinski definition) is 4. The first-order valence-electron chi connectivity index (χ1n) is 9.13. The van der Waals surface area contributed by atoms with Crippen LogP contribution in [-0.2, 0) is 13.0 Å². The van der Waals surface area contributed by atoms with Crippen molar-refractivity contribution < 1.29 is 14.6 Å². The highest BCUT2D eigenvalue weighted by molar-refractivity contribution is 5.85. The SMILES string of the molecule is Cl.OCCCNCCC1CCc2ccc(OCc3ccccc3)cc2O1. The van der Waals surface area contributed by atoms with Gasteiger partial charge in [0.25, 0.3) is 0 Å². The lowest BCUT2D eigenvalue weighted by molar-refractivity contribution is 0.162. The lowest BCUT2D eigenvalue weighted by atomic mass is 10.0. The van der Waals surface area contributed by atoms with Gasteiger partial charge in [-0.05, 0) is 56.0 Å². The van der Waals surface area contributed by atoms with Gasteiger partial charge in [-0.3, -0.25) is 0 Å². The van der Waals surface area contributed by atoms with Crippen LogP contribution in [0.25, 0.3) is 0 Å². The highest BCUT2D eigenvalue weighted by Crippen LogP contribution is 2.32. The molecular formula is C21H28ClNO3. The largest absolute Gasteiger partial charge is 0.490 e. The first-order valence-corrected chi connectivity index (χ1v) is 9.13. The van der Waals surface area contributed by atoms with Crippen LogP contribution in [0.3, 0.4) is 0 Å². The van der Waals surface area contributed by atoms with Crippen LogP contribution < -0.4 is 14.8 Å². The molecule has 142 valence electrons. The van der Waals surface area contributed by atoms with Crippen LogP contribution in [0.4, 0.5) is 0 Å². The summed E-state index contributed by atoms with van der Waals surface area (Å²) < 4.78 is 12.1. The average Bonchev–Trinajstić information content (AvgIpc) is 2.66. The number of halogens is 1. The van der Waals surface area contributed by atoms with E-state index in [2.05, 4.69) is 23.5 Å². The zero-order chi connectivity index (χ0) is 17.3. The molecule has 26 heavy (non-hydrogen) atoms. The van der Waals surface area contributed by atoms with Gasteiger partial charge in [0.15, 0.2) is 0 Å². The number of nitrogens with one attached hydrogen (secondary N) is 1. The first-order chi connectivity index (χ1) is 12.3. The highest BCUT2D eigenvalue weighted by atomic mass is 35.5. The van der Waals surface area contributed by atoms with E-state index in [9.17, 15) is 0 Å². The van der Waals surface area contributed by atoms with Gasteiger partial charge in [0, 0.05) is 12.7 Å². The standard InChI is InChI=1S/C21H27NO3.ClH/c23-14-4-12-22-13-11-19-9-7-18-8-10-20(15-21(18)25-19)24-16-17-5-2-1-3-6-17;/h1-3,5-6,8,10,15,19,22-23H,4,7,9,11-14,16H2;1H. The van der Waals surface area contributed by atoms with Gasteiger partial charge >= 0.3 is 0 Å². The Balaban J connectivity index is 0.00000243. The summed E-state index contributed by atoms with van der Waals surface area (Å²) in [6.07, 6.45) is 4.14. The van der Waals surface area contributed by atoms with Gasteiger partial charge in [0.1, 0.15) is 24.2 Å². The van der Waals surface area contributed by atoms with E-state index in [1.54, 1.807) is 0 Å². The van der Waals surface area contributed by atoms with Crippen molar-refractivity contribution in [3.63, 3.8) is 0 Å². The van der Waals surface area contributed by atoms with Crippen LogP contribution in [0.5, 0.6) is 11.5 Å². The third kappa shape index (κ3) is 6.20. The highest BCUT2D eigenvalue weighted by Gasteiger charge is 2.19. The zero-order valence-corrected chi connectivity index (χ0v) is 15.8. The summed E-state index contributed by atoms with van der Waals surface area (Å²) in [5, 5.41) is 12.1. The summed E-state index contributed by atoms with van der Waals surface area (Å²) in [7, 11) is 0. The molecule has 0 saturated heterocycles. The molecule has 0 spiro atoms. The molecule has 2 aromatic rings. The molecule has 0 bridgehead atoms. The van der Waals surface area contributed by atoms with Crippen LogP contribution in [0.1, 0.15) is 30.4 Å². The van der Waals surface area contributed by atoms with Gasteiger partial charge in [-0.15, -0.1) is 12.4 Å². The van der Waals surface area contributed by atoms with Crippen molar-refractivity contribution in [3.05, 3.63) is 59.7 Å². The topological polar surface area (TPSA) is 50.7 Å². The van der Waals surface area contributed by atoms with Gasteiger partial charge in [-0.25, -0.2) is 0 Å². The van der Waals surface area contributed by atoms with E-state index < -0.39 is 0 Å². The summed E-state index contributed by atoms with van der Waals surface area (Å²) in [5.41, 5.74) is 2.42. The smallest absolute Gasteiger partial charge is 0.126 e. The molecule has 1 heterocycles. The van der Waals surface area contributed by atoms with Crippen molar-refractivity contribution in [1.29, 1.82) is 0 Å². The van der Waals surface area contributed by atoms with Crippen molar-refractivity contribution >= 4 is 12.4 Å². The molecule has 1 aliphatic rings. The van der Waals surface area contributed by atoms with E-state index in [0.29, 0.717) is 6.61 Å². The molecule has 4 nitrogen and oxygen atoms in total. The maximum absolute atomic E-state index is 8.79. The first kappa shape index (κ1) is 20.6. The normalized spacial score (nSPS) is 15.5. The van der Waals surface area contributed by atoms with Gasteiger partial charge in [0.2, 0.25) is 0 Å². The molecule has 0 saturated carbocycles. The Labute approximate surface area is 161 Å². The second-order valence-corrected chi connectivity index (χ2v) is 6.44. The van der Waals surface area contributed by atoms with Crippen LogP contribution in [0, 0.1) is 0 Å². The lowest BCUT2D eigenvalue weighted by Gasteiger charge is -2.26. The minimum Gasteiger partial charge on any atom is -0.490 e. The molecule has 3 rings (SSSR count). The van der Waals surface area contributed by atoms with Crippen molar-refractivity contribution in [2.45, 2.75) is 38.4 Å². The Kier molecular flexibility index (Phi) is 8.75. The van der Waals surface area contributed by atoms with E-state index in [4.69, 9.17) is 14.6 Å². The molecule has 2 N–H and O–H groups in total. The van der Waals surface area contributed by atoms with E-state index in [-0.39, 0.29) is 25.1 Å². The Morgan fingerprint density at radius 1 is 1.12 bits per heavy atom. The number of aryl methyl sites for hydroxylation is 1. The van der Waals surface area contributed by atoms with Crippen LogP contribution in [0.15, 0.2) is 48.5 Å². The number of benzene rings is 2. The molecule has 0 fully saturated rings. The fraction of sp³-hybridized carbons (Fsp3) is 0.429. The molecule has 0 aromatic heterocycles. The van der Waals surface area contributed by atoms with Crippen LogP contribution in [0.2, 0.25) is 0 Å². The summed E-state index contributed by atoms with van der Waals surface area (Å²) in [5.74, 6) is 1.81. The molecule has 2 aromatic carbocycles. The Hall–Kier alpha value is -1.75. The molecule has 1 aliphatic heterocycles. The van der Waals surface area contributed by atoms with Crippen LogP contribution in [-0.4, -0.2) is 30.9 Å². The second kappa shape index (κ2) is 11.1. The Morgan fingerprint density at radius 2 is 1.96 bits per heavy atom. The summed E-state index contributed by atoms with van der Waals surface area (Å²) >= 11 is 0. The molecule has 0 amide bonds. The lowest BCUT2D eigenvalue weighted by Crippen LogP contribution is -2.28. The molecule has 0 aliphatic carbocycles. The number of aliphatic hydroxyl groups is 1. The zero-order valence-electron chi connectivity index (χ0n) is 15.0. The Morgan fingerprint density at radius 3 is 2.77 bits per heavy atom. The predicted octanol–water partition coefficient (Wildman–Crippen LogP) is 3.74. The van der Waals surface area contributed by atoms with Gasteiger partial charge in [0.05, 0.1) is 0 Å². The predicted molar refractivity (Wildman–Crippen MR) is 106 cm³/mol. The van der Waals surface area contributed by atoms with E-state index in [1.165, 1.54) is 5.56 Å². The number of ether oxygens (including phenoxy) is 2. The van der Waals surface area contributed by atoms with Crippen molar-refractivity contribution in [2.75, 3.05) is 19.7 Å². The monoisotopic (exact) mass is 377 g/mol. The van der Waals surface area contributed by atoms with E-state index >= 15 is 0 Å². The maximum atomic E-state index is 8.79. The van der Waals surface area contributed by atoms with Gasteiger partial charge in [-0.1, -0.05) is 36.4 Å². The number of rotatable bonds is 9. The van der Waals surface area contributed by atoms with Gasteiger partial charge < -0.3 is 19.9 Å². The molecule has 5 heteroatoms. The Bertz CT molecular complexity index is 651. The fourth-order valence-electron chi connectivity index (χ4n) is 3.03. The molecular weight excluding hydrogens is 350 g/mol. The third-order valence-electron chi connectivity index (χ3n) is 4.47. The average molecular weight is 378 g/mol. The summed E-state index contributed by atoms with van der Waals surface area (Å²) in [4.78, 5) is 0. The van der Waals surface area contributed by atoms with Crippen LogP contribution >= 0.6 is 12.4 Å². The fourth-order valence-corrected chi connectivity index (χ4v) is 3.03. The third-order valence-corrected chi connectivity index (χ3v) is 4.47. The van der Waals surface area contributed by atoms with E-state index in [1.807, 2.05) is 30.3 Å².